The van der Waals surface area contributed by atoms with Crippen LogP contribution in [0, 0.1) is 24.6 Å². The standard InChI is InChI=1S/C46H54F4N6O7S2/c1-25(2)36-24-64-43(54-36)35-22-39(32-13-14-38(62-5)26(3)40(32)53-35)63-31-21-37(41(51)57)56(23-31)44(59)34(52-30-19-28(46(48,49)50)18-29(47)20-30)12-10-8-6-7-9-11-27-17-33(27)42(58)55-65(60,61)45(4)15-16-45/h9,11,13-14,18-20,22,24-25,27,31,33-34,37,52H,6-8,10,12,15-17,21,23H2,1-5H3,(H2,51,57)(H,55,58)/b11-9-/t27-,31?,33+,34+,37+/m1/s1. The number of primary amides is 1. The van der Waals surface area contributed by atoms with Crippen LogP contribution in [0.4, 0.5) is 23.2 Å². The van der Waals surface area contributed by atoms with E-state index >= 15 is 0 Å². The number of pyridine rings is 1. The molecule has 0 radical (unpaired) electrons. The molecule has 3 heterocycles. The number of carbonyl (C=O) groups is 3. The summed E-state index contributed by atoms with van der Waals surface area (Å²) in [5, 5.41) is 6.14. The molecular formula is C46H54F4N6O7S2. The van der Waals surface area contributed by atoms with Crippen LogP contribution in [-0.4, -0.2) is 77.6 Å². The monoisotopic (exact) mass is 942 g/mol. The van der Waals surface area contributed by atoms with Gasteiger partial charge in [-0.05, 0) is 94.5 Å². The van der Waals surface area contributed by atoms with Crippen LogP contribution in [0.1, 0.15) is 101 Å². The average Bonchev–Trinajstić information content (AvgIpc) is 4.08. The van der Waals surface area contributed by atoms with Gasteiger partial charge in [0.1, 0.15) is 46.2 Å². The lowest BCUT2D eigenvalue weighted by molar-refractivity contribution is -0.138. The molecule has 2 aromatic heterocycles. The molecule has 4 aromatic rings. The number of rotatable bonds is 19. The van der Waals surface area contributed by atoms with Gasteiger partial charge in [0.15, 0.2) is 0 Å². The number of halogens is 4. The van der Waals surface area contributed by atoms with E-state index in [1.54, 1.807) is 26.2 Å². The van der Waals surface area contributed by atoms with Gasteiger partial charge in [-0.15, -0.1) is 11.3 Å². The second-order valence-electron chi connectivity index (χ2n) is 17.8. The summed E-state index contributed by atoms with van der Waals surface area (Å²) < 4.78 is 94.2. The third kappa shape index (κ3) is 10.9. The van der Waals surface area contributed by atoms with Crippen LogP contribution in [0.3, 0.4) is 0 Å². The Bertz CT molecular complexity index is 2600. The molecule has 3 aliphatic rings. The number of nitrogens with zero attached hydrogens (tertiary/aromatic N) is 3. The van der Waals surface area contributed by atoms with Gasteiger partial charge in [0.25, 0.3) is 0 Å². The van der Waals surface area contributed by atoms with Crippen molar-refractivity contribution < 1.29 is 49.8 Å². The summed E-state index contributed by atoms with van der Waals surface area (Å²) in [6, 6.07) is 5.08. The SMILES string of the molecule is COc1ccc2c(OC3C[C@@H](C(N)=O)N(C(=O)[C@H](CCCCC/C=C\[C@@H]4C[C@@H]4C(=O)NS(=O)(=O)C4(C)CC4)Nc4cc(F)cc(C(F)(F)F)c4)C3)cc(-c3nc(C(C)C)cs3)nc2c1C. The lowest BCUT2D eigenvalue weighted by atomic mass is 10.0. The maximum atomic E-state index is 14.6. The molecule has 19 heteroatoms. The summed E-state index contributed by atoms with van der Waals surface area (Å²) >= 11 is 1.44. The number of hydrogen-bond acceptors (Lipinski definition) is 11. The Morgan fingerprint density at radius 3 is 2.48 bits per heavy atom. The number of alkyl halides is 3. The number of methoxy groups -OCH3 is 1. The van der Waals surface area contributed by atoms with Crippen molar-refractivity contribution in [2.45, 2.75) is 121 Å². The van der Waals surface area contributed by atoms with Gasteiger partial charge in [-0.3, -0.25) is 19.1 Å². The zero-order valence-electron chi connectivity index (χ0n) is 36.8. The van der Waals surface area contributed by atoms with Crippen LogP contribution < -0.4 is 25.2 Å². The lowest BCUT2D eigenvalue weighted by Gasteiger charge is -2.28. The molecule has 2 aliphatic carbocycles. The number of aryl methyl sites for hydroxylation is 1. The van der Waals surface area contributed by atoms with Gasteiger partial charge in [-0.25, -0.2) is 22.8 Å². The van der Waals surface area contributed by atoms with Crippen molar-refractivity contribution in [1.82, 2.24) is 19.6 Å². The molecule has 65 heavy (non-hydrogen) atoms. The molecule has 350 valence electrons. The summed E-state index contributed by atoms with van der Waals surface area (Å²) in [4.78, 5) is 51.0. The van der Waals surface area contributed by atoms with E-state index in [2.05, 4.69) is 10.0 Å². The molecule has 3 amide bonds. The molecule has 4 N–H and O–H groups in total. The summed E-state index contributed by atoms with van der Waals surface area (Å²) in [6.45, 7) is 7.50. The van der Waals surface area contributed by atoms with Crippen LogP contribution >= 0.6 is 11.3 Å². The first-order chi connectivity index (χ1) is 30.7. The minimum absolute atomic E-state index is 0.0278. The Labute approximate surface area is 379 Å². The fourth-order valence-electron chi connectivity index (χ4n) is 8.11. The molecule has 2 saturated carbocycles. The highest BCUT2D eigenvalue weighted by Gasteiger charge is 2.52. The van der Waals surface area contributed by atoms with E-state index in [4.69, 9.17) is 25.2 Å². The number of ether oxygens (including phenoxy) is 2. The molecule has 1 saturated heterocycles. The number of nitrogens with one attached hydrogen (secondary N) is 2. The lowest BCUT2D eigenvalue weighted by Crippen LogP contribution is -2.49. The topological polar surface area (TPSA) is 183 Å². The van der Waals surface area contributed by atoms with Gasteiger partial charge in [0.2, 0.25) is 27.7 Å². The van der Waals surface area contributed by atoms with Crippen molar-refractivity contribution in [3.63, 3.8) is 0 Å². The normalized spacial score (nSPS) is 20.9. The van der Waals surface area contributed by atoms with Crippen molar-refractivity contribution >= 4 is 55.7 Å². The maximum absolute atomic E-state index is 14.6. The Kier molecular flexibility index (Phi) is 13.9. The van der Waals surface area contributed by atoms with Crippen molar-refractivity contribution in [1.29, 1.82) is 0 Å². The number of allylic oxidation sites excluding steroid dienone is 2. The summed E-state index contributed by atoms with van der Waals surface area (Å²) in [6.07, 6.45) is 2.32. The number of hydrogen-bond donors (Lipinski definition) is 3. The number of anilines is 1. The first-order valence-corrected chi connectivity index (χ1v) is 24.1. The molecule has 0 spiro atoms. The van der Waals surface area contributed by atoms with Crippen molar-refractivity contribution in [2.75, 3.05) is 19.0 Å². The molecule has 13 nitrogen and oxygen atoms in total. The van der Waals surface area contributed by atoms with E-state index in [-0.39, 0.29) is 36.9 Å². The molecular weight excluding hydrogens is 889 g/mol. The van der Waals surface area contributed by atoms with Crippen LogP contribution in [0.25, 0.3) is 21.6 Å². The van der Waals surface area contributed by atoms with Gasteiger partial charge in [-0.2, -0.15) is 13.2 Å². The number of carbonyl (C=O) groups excluding carboxylic acids is 3. The first kappa shape index (κ1) is 47.7. The Morgan fingerprint density at radius 1 is 1.06 bits per heavy atom. The van der Waals surface area contributed by atoms with E-state index in [1.807, 2.05) is 44.4 Å². The van der Waals surface area contributed by atoms with Gasteiger partial charge in [0, 0.05) is 40.4 Å². The van der Waals surface area contributed by atoms with Gasteiger partial charge >= 0.3 is 6.18 Å². The van der Waals surface area contributed by atoms with Crippen molar-refractivity contribution in [3.05, 3.63) is 76.6 Å². The molecule has 3 fully saturated rings. The Morgan fingerprint density at radius 2 is 1.82 bits per heavy atom. The molecule has 0 bridgehead atoms. The van der Waals surface area contributed by atoms with Gasteiger partial charge < -0.3 is 25.4 Å². The average molecular weight is 943 g/mol. The second kappa shape index (κ2) is 18.9. The van der Waals surface area contributed by atoms with Crippen LogP contribution in [0.15, 0.2) is 53.9 Å². The van der Waals surface area contributed by atoms with Gasteiger partial charge in [0.05, 0.1) is 35.2 Å². The van der Waals surface area contributed by atoms with E-state index in [1.165, 1.54) is 16.2 Å². The number of fused-ring (bicyclic) bond motifs is 1. The zero-order valence-corrected chi connectivity index (χ0v) is 38.5. The summed E-state index contributed by atoms with van der Waals surface area (Å²) in [7, 11) is -2.14. The number of thiazole rings is 1. The number of unbranched alkanes of at least 4 members (excludes halogenated alkanes) is 3. The highest BCUT2D eigenvalue weighted by Crippen LogP contribution is 2.45. The van der Waals surface area contributed by atoms with E-state index in [0.717, 1.165) is 23.4 Å². The Balaban J connectivity index is 1.05. The van der Waals surface area contributed by atoms with Crippen LogP contribution in [-0.2, 0) is 30.6 Å². The van der Waals surface area contributed by atoms with E-state index < -0.39 is 74.2 Å². The van der Waals surface area contributed by atoms with Crippen LogP contribution in [0.2, 0.25) is 0 Å². The number of sulfonamides is 1. The van der Waals surface area contributed by atoms with Gasteiger partial charge in [-0.1, -0.05) is 38.8 Å². The van der Waals surface area contributed by atoms with Crippen molar-refractivity contribution in [3.8, 4) is 22.2 Å². The molecule has 1 aliphatic heterocycles. The summed E-state index contributed by atoms with van der Waals surface area (Å²) in [5.41, 5.74) is 7.24. The molecule has 5 atom stereocenters. The third-order valence-corrected chi connectivity index (χ3v) is 15.6. The highest BCUT2D eigenvalue weighted by molar-refractivity contribution is 7.91. The van der Waals surface area contributed by atoms with Crippen LogP contribution in [0.5, 0.6) is 11.5 Å². The number of aromatic nitrogens is 2. The predicted octanol–water partition coefficient (Wildman–Crippen LogP) is 8.41. The fourth-order valence-corrected chi connectivity index (χ4v) is 10.4. The van der Waals surface area contributed by atoms with E-state index in [0.29, 0.717) is 84.1 Å². The Hall–Kier alpha value is -5.30. The van der Waals surface area contributed by atoms with Crippen molar-refractivity contribution in [2.24, 2.45) is 17.6 Å². The zero-order chi connectivity index (χ0) is 47.0. The molecule has 1 unspecified atom stereocenters. The molecule has 2 aromatic carbocycles. The third-order valence-electron chi connectivity index (χ3n) is 12.5. The first-order valence-electron chi connectivity index (χ1n) is 21.8. The second-order valence-corrected chi connectivity index (χ2v) is 20.9. The molecule has 7 rings (SSSR count). The predicted molar refractivity (Wildman–Crippen MR) is 239 cm³/mol. The number of nitrogens with two attached hydrogens (primary N) is 1. The highest BCUT2D eigenvalue weighted by atomic mass is 32.2. The smallest absolute Gasteiger partial charge is 0.416 e. The number of benzene rings is 2. The van der Waals surface area contributed by atoms with E-state index in [9.17, 15) is 40.4 Å². The largest absolute Gasteiger partial charge is 0.496 e. The summed E-state index contributed by atoms with van der Waals surface area (Å²) in [5.74, 6) is -2.28. The number of amides is 3. The quantitative estimate of drug-likeness (QED) is 0.0469. The number of likely N-dealkylation sites (tertiary alicyclic amines) is 1. The fraction of sp³-hybridized carbons (Fsp3) is 0.500. The minimum atomic E-state index is -4.85. The maximum Gasteiger partial charge on any atom is 0.416 e. The minimum Gasteiger partial charge on any atom is -0.496 e.